The first-order valence-corrected chi connectivity index (χ1v) is 10.0. The normalized spacial score (nSPS) is 22.8. The number of benzene rings is 2. The molecule has 4 nitrogen and oxygen atoms in total. The second-order valence-corrected chi connectivity index (χ2v) is 8.84. The van der Waals surface area contributed by atoms with E-state index < -0.39 is 0 Å². The minimum absolute atomic E-state index is 0.0128. The maximum atomic E-state index is 13.0. The van der Waals surface area contributed by atoms with Gasteiger partial charge >= 0.3 is 7.12 Å². The van der Waals surface area contributed by atoms with Crippen LogP contribution in [0.15, 0.2) is 48.5 Å². The summed E-state index contributed by atoms with van der Waals surface area (Å²) in [6, 6.07) is 15.9. The van der Waals surface area contributed by atoms with Crippen LogP contribution in [-0.2, 0) is 15.7 Å². The maximum Gasteiger partial charge on any atom is 0.494 e. The molecule has 2 aromatic carbocycles. The largest absolute Gasteiger partial charge is 0.494 e. The van der Waals surface area contributed by atoms with Crippen molar-refractivity contribution in [2.75, 3.05) is 6.54 Å². The summed E-state index contributed by atoms with van der Waals surface area (Å²) in [5.41, 5.74) is 3.49. The number of carbonyl (C=O) groups is 1. The molecular weight excluding hydrogens is 349 g/mol. The quantitative estimate of drug-likeness (QED) is 0.749. The predicted molar refractivity (Wildman–Crippen MR) is 112 cm³/mol. The van der Waals surface area contributed by atoms with Crippen molar-refractivity contribution in [3.8, 4) is 0 Å². The van der Waals surface area contributed by atoms with Crippen LogP contribution < -0.4 is 5.46 Å². The minimum Gasteiger partial charge on any atom is -0.399 e. The molecule has 5 heteroatoms. The van der Waals surface area contributed by atoms with Gasteiger partial charge < -0.3 is 14.2 Å². The third kappa shape index (κ3) is 3.17. The summed E-state index contributed by atoms with van der Waals surface area (Å²) in [6.45, 7) is 11.1. The van der Waals surface area contributed by atoms with Crippen molar-refractivity contribution in [3.05, 3.63) is 65.2 Å². The monoisotopic (exact) mass is 377 g/mol. The van der Waals surface area contributed by atoms with Crippen molar-refractivity contribution < 1.29 is 14.1 Å². The van der Waals surface area contributed by atoms with Gasteiger partial charge in [0.2, 0.25) is 0 Å². The Balaban J connectivity index is 1.61. The van der Waals surface area contributed by atoms with Crippen LogP contribution in [-0.4, -0.2) is 35.7 Å². The molecule has 0 spiro atoms. The van der Waals surface area contributed by atoms with Gasteiger partial charge in [-0.2, -0.15) is 0 Å². The molecule has 2 aliphatic rings. The lowest BCUT2D eigenvalue weighted by atomic mass is 9.76. The number of hydrogen-bond acceptors (Lipinski definition) is 3. The van der Waals surface area contributed by atoms with E-state index in [4.69, 9.17) is 9.31 Å². The molecule has 0 aromatic heterocycles. The Kier molecular flexibility index (Phi) is 4.63. The first-order valence-electron chi connectivity index (χ1n) is 10.0. The number of nitrogens with zero attached hydrogens (tertiary/aromatic N) is 1. The highest BCUT2D eigenvalue weighted by molar-refractivity contribution is 6.62. The van der Waals surface area contributed by atoms with E-state index in [0.717, 1.165) is 24.0 Å². The molecule has 1 fully saturated rings. The molecule has 146 valence electrons. The molecule has 2 aliphatic heterocycles. The molecule has 2 heterocycles. The van der Waals surface area contributed by atoms with Gasteiger partial charge in [-0.15, -0.1) is 0 Å². The Morgan fingerprint density at radius 3 is 2.32 bits per heavy atom. The highest BCUT2D eigenvalue weighted by Gasteiger charge is 2.51. The third-order valence-corrected chi connectivity index (χ3v) is 6.52. The lowest BCUT2D eigenvalue weighted by Crippen LogP contribution is -2.41. The lowest BCUT2D eigenvalue weighted by Gasteiger charge is -2.35. The topological polar surface area (TPSA) is 38.8 Å². The summed E-state index contributed by atoms with van der Waals surface area (Å²) in [7, 11) is -0.386. The molecule has 1 amide bonds. The Bertz CT molecular complexity index is 878. The Hall–Kier alpha value is -2.11. The Labute approximate surface area is 168 Å². The van der Waals surface area contributed by atoms with Crippen LogP contribution >= 0.6 is 0 Å². The standard InChI is InChI=1S/C23H28BNO3/c1-16-20-15-19(24-27-22(2,3)23(4,5)28-24)12-11-17(20)13-14-25(16)21(26)18-9-7-6-8-10-18/h6-12,15-16H,13-14H2,1-5H3. The summed E-state index contributed by atoms with van der Waals surface area (Å²) < 4.78 is 12.4. The van der Waals surface area contributed by atoms with Crippen molar-refractivity contribution in [2.24, 2.45) is 0 Å². The van der Waals surface area contributed by atoms with E-state index in [1.54, 1.807) is 0 Å². The van der Waals surface area contributed by atoms with Crippen LogP contribution in [0.25, 0.3) is 0 Å². The number of fused-ring (bicyclic) bond motifs is 1. The summed E-state index contributed by atoms with van der Waals surface area (Å²) in [5, 5.41) is 0. The highest BCUT2D eigenvalue weighted by Crippen LogP contribution is 2.37. The summed E-state index contributed by atoms with van der Waals surface area (Å²) in [6.07, 6.45) is 0.863. The van der Waals surface area contributed by atoms with Crippen LogP contribution in [0, 0.1) is 0 Å². The predicted octanol–water partition coefficient (Wildman–Crippen LogP) is 3.75. The fourth-order valence-corrected chi connectivity index (χ4v) is 3.98. The van der Waals surface area contributed by atoms with Gasteiger partial charge in [-0.25, -0.2) is 0 Å². The highest BCUT2D eigenvalue weighted by atomic mass is 16.7. The molecule has 2 aromatic rings. The smallest absolute Gasteiger partial charge is 0.399 e. The minimum atomic E-state index is -0.386. The second-order valence-electron chi connectivity index (χ2n) is 8.84. The van der Waals surface area contributed by atoms with Crippen molar-refractivity contribution in [2.45, 2.75) is 58.3 Å². The molecule has 0 bridgehead atoms. The zero-order valence-electron chi connectivity index (χ0n) is 17.4. The van der Waals surface area contributed by atoms with Crippen LogP contribution in [0.5, 0.6) is 0 Å². The van der Waals surface area contributed by atoms with Crippen molar-refractivity contribution >= 4 is 18.5 Å². The van der Waals surface area contributed by atoms with Gasteiger partial charge in [0.1, 0.15) is 0 Å². The van der Waals surface area contributed by atoms with Gasteiger partial charge in [-0.3, -0.25) is 4.79 Å². The van der Waals surface area contributed by atoms with E-state index in [2.05, 4.69) is 52.8 Å². The van der Waals surface area contributed by atoms with E-state index >= 15 is 0 Å². The molecule has 28 heavy (non-hydrogen) atoms. The Morgan fingerprint density at radius 2 is 1.68 bits per heavy atom. The van der Waals surface area contributed by atoms with E-state index in [0.29, 0.717) is 0 Å². The molecule has 0 N–H and O–H groups in total. The molecule has 0 saturated carbocycles. The number of amides is 1. The molecule has 4 rings (SSSR count). The zero-order valence-corrected chi connectivity index (χ0v) is 17.4. The number of hydrogen-bond donors (Lipinski definition) is 0. The van der Waals surface area contributed by atoms with Crippen molar-refractivity contribution in [3.63, 3.8) is 0 Å². The average molecular weight is 377 g/mol. The fraction of sp³-hybridized carbons (Fsp3) is 0.435. The average Bonchev–Trinajstić information content (AvgIpc) is 2.89. The van der Waals surface area contributed by atoms with Gasteiger partial charge in [-0.05, 0) is 69.8 Å². The summed E-state index contributed by atoms with van der Waals surface area (Å²) >= 11 is 0. The maximum absolute atomic E-state index is 13.0. The van der Waals surface area contributed by atoms with Crippen LogP contribution in [0.4, 0.5) is 0 Å². The van der Waals surface area contributed by atoms with E-state index in [1.807, 2.05) is 35.2 Å². The number of carbonyl (C=O) groups excluding carboxylic acids is 1. The van der Waals surface area contributed by atoms with E-state index in [1.165, 1.54) is 11.1 Å². The van der Waals surface area contributed by atoms with E-state index in [-0.39, 0.29) is 30.3 Å². The third-order valence-electron chi connectivity index (χ3n) is 6.52. The van der Waals surface area contributed by atoms with Gasteiger partial charge in [0.05, 0.1) is 17.2 Å². The molecule has 1 saturated heterocycles. The second kappa shape index (κ2) is 6.75. The molecule has 0 radical (unpaired) electrons. The van der Waals surface area contributed by atoms with Crippen molar-refractivity contribution in [1.29, 1.82) is 0 Å². The van der Waals surface area contributed by atoms with Crippen LogP contribution in [0.1, 0.15) is 62.1 Å². The van der Waals surface area contributed by atoms with Crippen molar-refractivity contribution in [1.82, 2.24) is 4.90 Å². The zero-order chi connectivity index (χ0) is 20.1. The van der Waals surface area contributed by atoms with Gasteiger partial charge in [0.25, 0.3) is 5.91 Å². The van der Waals surface area contributed by atoms with Gasteiger partial charge in [-0.1, -0.05) is 36.4 Å². The summed E-state index contributed by atoms with van der Waals surface area (Å²) in [5.74, 6) is 0.0831. The number of rotatable bonds is 2. The van der Waals surface area contributed by atoms with Gasteiger partial charge in [0, 0.05) is 12.1 Å². The molecule has 1 atom stereocenters. The Morgan fingerprint density at radius 1 is 1.04 bits per heavy atom. The van der Waals surface area contributed by atoms with Crippen LogP contribution in [0.2, 0.25) is 0 Å². The lowest BCUT2D eigenvalue weighted by molar-refractivity contribution is 0.00578. The first-order chi connectivity index (χ1) is 13.2. The fourth-order valence-electron chi connectivity index (χ4n) is 3.98. The summed E-state index contributed by atoms with van der Waals surface area (Å²) in [4.78, 5) is 15.0. The first kappa shape index (κ1) is 19.2. The van der Waals surface area contributed by atoms with E-state index in [9.17, 15) is 4.79 Å². The van der Waals surface area contributed by atoms with Crippen LogP contribution in [0.3, 0.4) is 0 Å². The molecule has 1 unspecified atom stereocenters. The van der Waals surface area contributed by atoms with Gasteiger partial charge in [0.15, 0.2) is 0 Å². The SMILES string of the molecule is CC1c2cc(B3OC(C)(C)C(C)(C)O3)ccc2CCN1C(=O)c1ccccc1. The molecule has 0 aliphatic carbocycles. The molecular formula is C23H28BNO3.